The zero-order valence-electron chi connectivity index (χ0n) is 13.1. The quantitative estimate of drug-likeness (QED) is 0.878. The van der Waals surface area contributed by atoms with Crippen LogP contribution in [-0.4, -0.2) is 26.1 Å². The van der Waals surface area contributed by atoms with Crippen molar-refractivity contribution in [2.75, 3.05) is 6.54 Å². The summed E-state index contributed by atoms with van der Waals surface area (Å²) in [5.41, 5.74) is 4.82. The Labute approximate surface area is 121 Å². The molecule has 0 spiro atoms. The van der Waals surface area contributed by atoms with Gasteiger partial charge in [0.25, 0.3) is 0 Å². The Balaban J connectivity index is 2.23. The van der Waals surface area contributed by atoms with Crippen LogP contribution < -0.4 is 5.32 Å². The summed E-state index contributed by atoms with van der Waals surface area (Å²) in [6, 6.07) is 2.45. The van der Waals surface area contributed by atoms with Gasteiger partial charge in [0.15, 0.2) is 0 Å². The van der Waals surface area contributed by atoms with Crippen molar-refractivity contribution < 1.29 is 0 Å². The Morgan fingerprint density at radius 1 is 1.25 bits per heavy atom. The zero-order chi connectivity index (χ0) is 14.7. The highest BCUT2D eigenvalue weighted by atomic mass is 15.3. The van der Waals surface area contributed by atoms with Crippen molar-refractivity contribution in [3.8, 4) is 0 Å². The molecule has 0 aliphatic heterocycles. The fraction of sp³-hybridized carbons (Fsp3) is 0.600. The molecule has 2 heterocycles. The second-order valence-corrected chi connectivity index (χ2v) is 5.42. The zero-order valence-corrected chi connectivity index (χ0v) is 13.1. The molecular weight excluding hydrogens is 250 g/mol. The molecule has 20 heavy (non-hydrogen) atoms. The Hall–Kier alpha value is -1.62. The van der Waals surface area contributed by atoms with Gasteiger partial charge in [0.05, 0.1) is 11.9 Å². The topological polar surface area (TPSA) is 47.7 Å². The number of hydrogen-bond donors (Lipinski definition) is 1. The highest BCUT2D eigenvalue weighted by Gasteiger charge is 2.18. The molecule has 110 valence electrons. The summed E-state index contributed by atoms with van der Waals surface area (Å²) in [4.78, 5) is 0. The lowest BCUT2D eigenvalue weighted by molar-refractivity contribution is 0.509. The van der Waals surface area contributed by atoms with Crippen LogP contribution in [0.15, 0.2) is 12.3 Å². The minimum Gasteiger partial charge on any atom is -0.309 e. The molecule has 2 aromatic heterocycles. The van der Waals surface area contributed by atoms with Gasteiger partial charge in [-0.15, -0.1) is 0 Å². The van der Waals surface area contributed by atoms with Crippen LogP contribution in [0.3, 0.4) is 0 Å². The predicted octanol–water partition coefficient (Wildman–Crippen LogP) is 2.05. The molecule has 0 bridgehead atoms. The summed E-state index contributed by atoms with van der Waals surface area (Å²) in [5, 5.41) is 12.4. The molecule has 2 rings (SSSR count). The maximum Gasteiger partial charge on any atom is 0.0596 e. The molecule has 0 aliphatic carbocycles. The van der Waals surface area contributed by atoms with E-state index in [1.54, 1.807) is 0 Å². The Morgan fingerprint density at radius 2 is 2.00 bits per heavy atom. The number of hydrogen-bond acceptors (Lipinski definition) is 3. The molecule has 1 atom stereocenters. The summed E-state index contributed by atoms with van der Waals surface area (Å²) < 4.78 is 3.91. The van der Waals surface area contributed by atoms with E-state index in [9.17, 15) is 0 Å². The normalized spacial score (nSPS) is 12.8. The predicted molar refractivity (Wildman–Crippen MR) is 80.6 cm³/mol. The van der Waals surface area contributed by atoms with E-state index in [4.69, 9.17) is 0 Å². The van der Waals surface area contributed by atoms with Crippen molar-refractivity contribution in [1.29, 1.82) is 0 Å². The van der Waals surface area contributed by atoms with Gasteiger partial charge < -0.3 is 5.32 Å². The average molecular weight is 275 g/mol. The molecule has 0 saturated carbocycles. The highest BCUT2D eigenvalue weighted by Crippen LogP contribution is 2.21. The van der Waals surface area contributed by atoms with Crippen LogP contribution in [0.5, 0.6) is 0 Å². The van der Waals surface area contributed by atoms with Crippen LogP contribution in [0.1, 0.15) is 42.0 Å². The van der Waals surface area contributed by atoms with Crippen molar-refractivity contribution in [3.63, 3.8) is 0 Å². The first-order valence-corrected chi connectivity index (χ1v) is 7.24. The number of aryl methyl sites for hydroxylation is 3. The van der Waals surface area contributed by atoms with Gasteiger partial charge in [-0.1, -0.05) is 6.92 Å². The molecule has 0 saturated heterocycles. The molecule has 5 nitrogen and oxygen atoms in total. The van der Waals surface area contributed by atoms with E-state index < -0.39 is 0 Å². The summed E-state index contributed by atoms with van der Waals surface area (Å²) in [6.45, 7) is 7.36. The van der Waals surface area contributed by atoms with Crippen LogP contribution in [0.25, 0.3) is 0 Å². The second-order valence-electron chi connectivity index (χ2n) is 5.42. The van der Waals surface area contributed by atoms with E-state index in [0.29, 0.717) is 6.04 Å². The van der Waals surface area contributed by atoms with Crippen LogP contribution in [0.2, 0.25) is 0 Å². The lowest BCUT2D eigenvalue weighted by Crippen LogP contribution is -2.25. The largest absolute Gasteiger partial charge is 0.309 e. The van der Waals surface area contributed by atoms with Crippen LogP contribution in [0, 0.1) is 13.8 Å². The molecule has 0 radical (unpaired) electrons. The molecule has 1 N–H and O–H groups in total. The molecular formula is C15H25N5. The molecule has 0 fully saturated rings. The van der Waals surface area contributed by atoms with Crippen LogP contribution >= 0.6 is 0 Å². The molecule has 0 aromatic carbocycles. The van der Waals surface area contributed by atoms with Crippen molar-refractivity contribution in [1.82, 2.24) is 24.9 Å². The third-order valence-electron chi connectivity index (χ3n) is 3.80. The van der Waals surface area contributed by atoms with Crippen molar-refractivity contribution in [2.24, 2.45) is 14.1 Å². The lowest BCUT2D eigenvalue weighted by Gasteiger charge is -2.18. The second kappa shape index (κ2) is 6.22. The molecule has 0 aliphatic rings. The van der Waals surface area contributed by atoms with Gasteiger partial charge in [0.2, 0.25) is 0 Å². The van der Waals surface area contributed by atoms with E-state index in [-0.39, 0.29) is 0 Å². The molecule has 5 heteroatoms. The fourth-order valence-corrected chi connectivity index (χ4v) is 2.53. The third kappa shape index (κ3) is 3.10. The van der Waals surface area contributed by atoms with Gasteiger partial charge in [-0.3, -0.25) is 9.36 Å². The summed E-state index contributed by atoms with van der Waals surface area (Å²) in [5.74, 6) is 0. The van der Waals surface area contributed by atoms with Crippen LogP contribution in [0.4, 0.5) is 0 Å². The summed E-state index contributed by atoms with van der Waals surface area (Å²) in [7, 11) is 4.00. The minimum absolute atomic E-state index is 0.290. The van der Waals surface area contributed by atoms with Gasteiger partial charge in [-0.25, -0.2) is 0 Å². The first kappa shape index (κ1) is 14.8. The molecule has 2 aromatic rings. The van der Waals surface area contributed by atoms with Gasteiger partial charge in [0.1, 0.15) is 0 Å². The standard InChI is InChI=1S/C15H25N5/c1-6-7-16-15(14-10-17-19(4)12(14)3)9-13-8-11(2)18-20(13)5/h8,10,15-16H,6-7,9H2,1-5H3. The van der Waals surface area contributed by atoms with E-state index in [2.05, 4.69) is 35.4 Å². The summed E-state index contributed by atoms with van der Waals surface area (Å²) in [6.07, 6.45) is 4.04. The van der Waals surface area contributed by atoms with Gasteiger partial charge in [-0.05, 0) is 32.9 Å². The SMILES string of the molecule is CCCNC(Cc1cc(C)nn1C)c1cnn(C)c1C. The van der Waals surface area contributed by atoms with Gasteiger partial charge >= 0.3 is 0 Å². The van der Waals surface area contributed by atoms with E-state index in [0.717, 1.165) is 25.1 Å². The van der Waals surface area contributed by atoms with E-state index in [1.807, 2.05) is 36.6 Å². The Morgan fingerprint density at radius 3 is 2.50 bits per heavy atom. The Kier molecular flexibility index (Phi) is 4.60. The maximum absolute atomic E-state index is 4.43. The van der Waals surface area contributed by atoms with Gasteiger partial charge in [-0.2, -0.15) is 10.2 Å². The van der Waals surface area contributed by atoms with Crippen molar-refractivity contribution >= 4 is 0 Å². The van der Waals surface area contributed by atoms with Crippen molar-refractivity contribution in [2.45, 2.75) is 39.7 Å². The van der Waals surface area contributed by atoms with Crippen LogP contribution in [-0.2, 0) is 20.5 Å². The monoisotopic (exact) mass is 275 g/mol. The highest BCUT2D eigenvalue weighted by molar-refractivity contribution is 5.23. The third-order valence-corrected chi connectivity index (χ3v) is 3.80. The summed E-state index contributed by atoms with van der Waals surface area (Å²) >= 11 is 0. The lowest BCUT2D eigenvalue weighted by atomic mass is 10.0. The van der Waals surface area contributed by atoms with E-state index >= 15 is 0 Å². The maximum atomic E-state index is 4.43. The van der Waals surface area contributed by atoms with E-state index in [1.165, 1.54) is 17.0 Å². The number of rotatable bonds is 6. The Bertz CT molecular complexity index is 567. The fourth-order valence-electron chi connectivity index (χ4n) is 2.53. The smallest absolute Gasteiger partial charge is 0.0596 e. The molecule has 0 amide bonds. The first-order chi connectivity index (χ1) is 9.52. The van der Waals surface area contributed by atoms with Crippen molar-refractivity contribution in [3.05, 3.63) is 34.9 Å². The average Bonchev–Trinajstić information content (AvgIpc) is 2.89. The van der Waals surface area contributed by atoms with Gasteiger partial charge in [0, 0.05) is 43.5 Å². The minimum atomic E-state index is 0.290. The first-order valence-electron chi connectivity index (χ1n) is 7.24. The number of aromatic nitrogens is 4. The number of nitrogens with zero attached hydrogens (tertiary/aromatic N) is 4. The number of nitrogens with one attached hydrogen (secondary N) is 1. The molecule has 1 unspecified atom stereocenters.